The van der Waals surface area contributed by atoms with Crippen LogP contribution < -0.4 is 19.5 Å². The van der Waals surface area contributed by atoms with Crippen molar-refractivity contribution in [2.24, 2.45) is 5.10 Å². The highest BCUT2D eigenvalue weighted by atomic mass is 35.5. The lowest BCUT2D eigenvalue weighted by Crippen LogP contribution is -2.47. The van der Waals surface area contributed by atoms with Crippen molar-refractivity contribution in [2.75, 3.05) is 28.0 Å². The van der Waals surface area contributed by atoms with E-state index in [1.807, 2.05) is 0 Å². The molecule has 238 valence electrons. The number of hydrogen-bond donors (Lipinski definition) is 2. The molecule has 2 aromatic carbocycles. The molecule has 0 spiro atoms. The normalized spacial score (nSPS) is 20.4. The van der Waals surface area contributed by atoms with Gasteiger partial charge in [0.15, 0.2) is 18.0 Å². The van der Waals surface area contributed by atoms with Crippen LogP contribution in [0.25, 0.3) is 0 Å². The highest BCUT2D eigenvalue weighted by Gasteiger charge is 2.48. The molecule has 3 heterocycles. The molecule has 15 heteroatoms. The van der Waals surface area contributed by atoms with E-state index in [2.05, 4.69) is 11.0 Å². The van der Waals surface area contributed by atoms with Crippen molar-refractivity contribution in [3.63, 3.8) is 0 Å². The van der Waals surface area contributed by atoms with Gasteiger partial charge in [0.2, 0.25) is 0 Å². The lowest BCUT2D eigenvalue weighted by atomic mass is 9.93. The Kier molecular flexibility index (Phi) is 8.79. The maximum absolute atomic E-state index is 14.7. The van der Waals surface area contributed by atoms with E-state index < -0.39 is 35.1 Å². The Morgan fingerprint density at radius 2 is 1.70 bits per heavy atom. The molecule has 0 radical (unpaired) electrons. The van der Waals surface area contributed by atoms with Crippen LogP contribution in [0.4, 0.5) is 21.5 Å². The lowest BCUT2D eigenvalue weighted by molar-refractivity contribution is -0.142. The topological polar surface area (TPSA) is 157 Å². The number of imide groups is 1. The summed E-state index contributed by atoms with van der Waals surface area (Å²) in [6.07, 6.45) is 7.79. The van der Waals surface area contributed by atoms with Crippen LogP contribution in [0.1, 0.15) is 39.0 Å². The van der Waals surface area contributed by atoms with Crippen molar-refractivity contribution in [1.29, 1.82) is 0 Å². The minimum atomic E-state index is -1.51. The van der Waals surface area contributed by atoms with Crippen LogP contribution >= 0.6 is 23.2 Å². The third-order valence-electron chi connectivity index (χ3n) is 7.90. The number of carboxylic acids is 2. The zero-order valence-electron chi connectivity index (χ0n) is 24.2. The van der Waals surface area contributed by atoms with Crippen LogP contribution in [0.5, 0.6) is 5.75 Å². The third-order valence-corrected chi connectivity index (χ3v) is 8.44. The summed E-state index contributed by atoms with van der Waals surface area (Å²) in [6.45, 7) is 1.13. The number of rotatable bonds is 5. The first kappa shape index (κ1) is 32.5. The van der Waals surface area contributed by atoms with Crippen molar-refractivity contribution >= 4 is 75.6 Å². The number of ether oxygens (including phenoxy) is 1. The molecular formula is C31H25Cl2FN4O8. The van der Waals surface area contributed by atoms with Crippen molar-refractivity contribution in [1.82, 2.24) is 0 Å². The van der Waals surface area contributed by atoms with Crippen molar-refractivity contribution in [2.45, 2.75) is 44.6 Å². The molecule has 4 aliphatic rings. The fourth-order valence-electron chi connectivity index (χ4n) is 5.53. The first-order valence-electron chi connectivity index (χ1n) is 13.9. The third kappa shape index (κ3) is 5.65. The number of nitrogens with zero attached hydrogens (tertiary/aromatic N) is 4. The summed E-state index contributed by atoms with van der Waals surface area (Å²) < 4.78 is 19.9. The molecule has 2 N–H and O–H groups in total. The number of fused-ring (bicyclic) bond motifs is 1. The summed E-state index contributed by atoms with van der Waals surface area (Å²) in [5.41, 5.74) is -0.462. The van der Waals surface area contributed by atoms with Gasteiger partial charge in [0.25, 0.3) is 17.7 Å². The minimum absolute atomic E-state index is 0.0170. The number of carboxylic acid groups (broad SMARTS) is 2. The Balaban J connectivity index is 0.000000188. The highest BCUT2D eigenvalue weighted by molar-refractivity contribution is 6.39. The van der Waals surface area contributed by atoms with Crippen LogP contribution in [-0.2, 0) is 24.0 Å². The molecule has 3 aliphatic heterocycles. The van der Waals surface area contributed by atoms with Crippen molar-refractivity contribution < 1.29 is 43.3 Å². The van der Waals surface area contributed by atoms with Gasteiger partial charge < -0.3 is 14.9 Å². The zero-order valence-corrected chi connectivity index (χ0v) is 25.7. The average molecular weight is 671 g/mol. The SMILES string of the molecule is C#CCN1C(=O)COc2cc(F)c(N3C(=O)C4=C(CCCC4)C3=O)cc21.CC1(C(=O)O)CC(C(=O)O)=NN1c1ccc(Cl)cc1Cl. The van der Waals surface area contributed by atoms with E-state index in [9.17, 15) is 33.5 Å². The summed E-state index contributed by atoms with van der Waals surface area (Å²) in [5.74, 6) is -2.04. The zero-order chi connectivity index (χ0) is 33.5. The predicted octanol–water partition coefficient (Wildman–Crippen LogP) is 4.42. The van der Waals surface area contributed by atoms with Crippen LogP contribution in [0.2, 0.25) is 10.0 Å². The van der Waals surface area contributed by atoms with Crippen LogP contribution in [0, 0.1) is 18.2 Å². The molecule has 1 unspecified atom stereocenters. The average Bonchev–Trinajstić information content (AvgIpc) is 3.50. The number of aliphatic carboxylic acids is 2. The minimum Gasteiger partial charge on any atom is -0.481 e. The second kappa shape index (κ2) is 12.5. The van der Waals surface area contributed by atoms with Gasteiger partial charge in [-0.1, -0.05) is 29.1 Å². The number of hydrogen-bond acceptors (Lipinski definition) is 8. The molecule has 12 nitrogen and oxygen atoms in total. The molecule has 1 atom stereocenters. The van der Waals surface area contributed by atoms with Gasteiger partial charge >= 0.3 is 11.9 Å². The molecule has 0 saturated heterocycles. The molecule has 0 fully saturated rings. The first-order chi connectivity index (χ1) is 21.8. The van der Waals surface area contributed by atoms with Crippen molar-refractivity contribution in [3.05, 3.63) is 57.3 Å². The van der Waals surface area contributed by atoms with Crippen molar-refractivity contribution in [3.8, 4) is 18.1 Å². The number of carbonyl (C=O) groups excluding carboxylic acids is 3. The van der Waals surface area contributed by atoms with Gasteiger partial charge in [-0.2, -0.15) is 5.10 Å². The number of hydrazone groups is 1. The standard InChI is InChI=1S/C19H15FN2O4.C12H10Cl2N2O4/c1-2-7-21-15-9-14(13(20)8-16(15)26-10-17(21)23)22-18(24)11-5-3-4-6-12(11)19(22)25;1-12(11(19)20)5-8(10(17)18)15-16(12)9-3-2-6(13)4-7(9)14/h1,8-9H,3-7,10H2;2-4H,5H2,1H3,(H,17,18)(H,19,20). The monoisotopic (exact) mass is 670 g/mol. The summed E-state index contributed by atoms with van der Waals surface area (Å²) in [6, 6.07) is 6.83. The van der Waals surface area contributed by atoms with Gasteiger partial charge in [0.05, 0.1) is 28.6 Å². The largest absolute Gasteiger partial charge is 0.481 e. The second-order valence-corrected chi connectivity index (χ2v) is 11.7. The fourth-order valence-corrected chi connectivity index (χ4v) is 6.02. The number of carbonyl (C=O) groups is 5. The molecule has 0 aromatic heterocycles. The van der Waals surface area contributed by atoms with E-state index in [0.29, 0.717) is 29.0 Å². The van der Waals surface area contributed by atoms with Gasteiger partial charge in [0.1, 0.15) is 11.5 Å². The first-order valence-corrected chi connectivity index (χ1v) is 14.6. The predicted molar refractivity (Wildman–Crippen MR) is 166 cm³/mol. The molecular weight excluding hydrogens is 646 g/mol. The Labute approximate surface area is 271 Å². The van der Waals surface area contributed by atoms with Crippen LogP contribution in [0.3, 0.4) is 0 Å². The molecule has 46 heavy (non-hydrogen) atoms. The van der Waals surface area contributed by atoms with Gasteiger partial charge in [-0.05, 0) is 56.9 Å². The molecule has 2 aromatic rings. The summed E-state index contributed by atoms with van der Waals surface area (Å²) in [5, 5.41) is 23.9. The summed E-state index contributed by atoms with van der Waals surface area (Å²) in [7, 11) is 0. The Bertz CT molecular complexity index is 1790. The second-order valence-electron chi connectivity index (χ2n) is 10.9. The molecule has 0 bridgehead atoms. The molecule has 6 rings (SSSR count). The number of amides is 3. The van der Waals surface area contributed by atoms with E-state index >= 15 is 0 Å². The number of terminal acetylenes is 1. The maximum Gasteiger partial charge on any atom is 0.352 e. The smallest absolute Gasteiger partial charge is 0.352 e. The van der Waals surface area contributed by atoms with Gasteiger partial charge in [0, 0.05) is 28.7 Å². The van der Waals surface area contributed by atoms with Gasteiger partial charge in [-0.25, -0.2) is 23.9 Å². The Morgan fingerprint density at radius 3 is 2.26 bits per heavy atom. The Hall–Kier alpha value is -4.93. The van der Waals surface area contributed by atoms with Gasteiger partial charge in [-0.15, -0.1) is 6.42 Å². The number of halogens is 3. The highest BCUT2D eigenvalue weighted by Crippen LogP contribution is 2.42. The summed E-state index contributed by atoms with van der Waals surface area (Å²) in [4.78, 5) is 62.0. The quantitative estimate of drug-likeness (QED) is 0.347. The lowest BCUT2D eigenvalue weighted by Gasteiger charge is -2.30. The van der Waals surface area contributed by atoms with Gasteiger partial charge in [-0.3, -0.25) is 19.3 Å². The molecule has 0 saturated carbocycles. The fraction of sp³-hybridized carbons (Fsp3) is 0.290. The Morgan fingerprint density at radius 1 is 1.04 bits per heavy atom. The van der Waals surface area contributed by atoms with E-state index in [-0.39, 0.29) is 59.0 Å². The van der Waals surface area contributed by atoms with E-state index in [1.54, 1.807) is 0 Å². The molecule has 3 amide bonds. The number of benzene rings is 2. The number of anilines is 3. The van der Waals surface area contributed by atoms with Crippen LogP contribution in [-0.4, -0.2) is 64.3 Å². The van der Waals surface area contributed by atoms with E-state index in [4.69, 9.17) is 39.5 Å². The maximum atomic E-state index is 14.7. The summed E-state index contributed by atoms with van der Waals surface area (Å²) >= 11 is 11.8. The van der Waals surface area contributed by atoms with E-state index in [0.717, 1.165) is 28.8 Å². The van der Waals surface area contributed by atoms with Crippen LogP contribution in [0.15, 0.2) is 46.6 Å². The van der Waals surface area contributed by atoms with E-state index in [1.165, 1.54) is 36.1 Å². The molecule has 1 aliphatic carbocycles.